The van der Waals surface area contributed by atoms with Gasteiger partial charge in [0.25, 0.3) is 5.91 Å². The Morgan fingerprint density at radius 1 is 1.19 bits per heavy atom. The number of primary amides is 1. The lowest BCUT2D eigenvalue weighted by Gasteiger charge is -2.10. The number of amides is 2. The number of thiazole rings is 1. The summed E-state index contributed by atoms with van der Waals surface area (Å²) < 4.78 is 13.0. The summed E-state index contributed by atoms with van der Waals surface area (Å²) in [4.78, 5) is 28.4. The normalized spacial score (nSPS) is 10.6. The fraction of sp³-hybridized carbons (Fsp3) is 0.150. The molecule has 1 heterocycles. The Morgan fingerprint density at radius 3 is 2.63 bits per heavy atom. The van der Waals surface area contributed by atoms with E-state index in [9.17, 15) is 14.0 Å². The van der Waals surface area contributed by atoms with E-state index in [2.05, 4.69) is 10.3 Å². The molecule has 0 saturated carbocycles. The van der Waals surface area contributed by atoms with Gasteiger partial charge < -0.3 is 11.1 Å². The largest absolute Gasteiger partial charge is 0.366 e. The van der Waals surface area contributed by atoms with Gasteiger partial charge in [-0.15, -0.1) is 11.3 Å². The third-order valence-electron chi connectivity index (χ3n) is 4.00. The van der Waals surface area contributed by atoms with Crippen LogP contribution in [0.2, 0.25) is 0 Å². The van der Waals surface area contributed by atoms with E-state index in [0.29, 0.717) is 28.9 Å². The number of benzene rings is 2. The molecule has 1 aromatic heterocycles. The van der Waals surface area contributed by atoms with Gasteiger partial charge in [-0.3, -0.25) is 9.59 Å². The fourth-order valence-corrected chi connectivity index (χ4v) is 3.57. The van der Waals surface area contributed by atoms with Crippen LogP contribution in [-0.4, -0.2) is 16.8 Å². The van der Waals surface area contributed by atoms with Crippen molar-refractivity contribution in [1.29, 1.82) is 0 Å². The van der Waals surface area contributed by atoms with Crippen molar-refractivity contribution >= 4 is 28.8 Å². The highest BCUT2D eigenvalue weighted by Gasteiger charge is 2.14. The van der Waals surface area contributed by atoms with Crippen molar-refractivity contribution in [3.63, 3.8) is 0 Å². The number of nitrogens with two attached hydrogens (primary N) is 1. The Labute approximate surface area is 160 Å². The van der Waals surface area contributed by atoms with Crippen molar-refractivity contribution in [2.24, 2.45) is 5.73 Å². The Morgan fingerprint density at radius 2 is 1.93 bits per heavy atom. The number of nitrogens with zero attached hydrogens (tertiary/aromatic N) is 1. The van der Waals surface area contributed by atoms with E-state index in [4.69, 9.17) is 5.73 Å². The summed E-state index contributed by atoms with van der Waals surface area (Å²) in [6.45, 7) is 1.76. The number of aromatic nitrogens is 1. The average Bonchev–Trinajstić information content (AvgIpc) is 3.03. The highest BCUT2D eigenvalue weighted by molar-refractivity contribution is 7.09. The van der Waals surface area contributed by atoms with Gasteiger partial charge in [-0.25, -0.2) is 9.37 Å². The number of halogens is 1. The Kier molecular flexibility index (Phi) is 5.61. The van der Waals surface area contributed by atoms with E-state index >= 15 is 0 Å². The third kappa shape index (κ3) is 4.77. The molecule has 3 rings (SSSR count). The number of aryl methyl sites for hydroxylation is 1. The molecule has 27 heavy (non-hydrogen) atoms. The van der Waals surface area contributed by atoms with E-state index in [1.165, 1.54) is 23.5 Å². The smallest absolute Gasteiger partial charge is 0.251 e. The molecule has 0 aliphatic heterocycles. The first-order valence-corrected chi connectivity index (χ1v) is 9.17. The summed E-state index contributed by atoms with van der Waals surface area (Å²) in [6, 6.07) is 11.4. The van der Waals surface area contributed by atoms with Crippen LogP contribution >= 0.6 is 11.3 Å². The maximum absolute atomic E-state index is 13.0. The van der Waals surface area contributed by atoms with E-state index in [1.54, 1.807) is 37.3 Å². The zero-order valence-electron chi connectivity index (χ0n) is 14.7. The van der Waals surface area contributed by atoms with Crippen molar-refractivity contribution < 1.29 is 14.0 Å². The van der Waals surface area contributed by atoms with Crippen molar-refractivity contribution in [3.05, 3.63) is 81.1 Å². The van der Waals surface area contributed by atoms with Gasteiger partial charge in [0.2, 0.25) is 5.91 Å². The van der Waals surface area contributed by atoms with E-state index in [-0.39, 0.29) is 18.1 Å². The minimum Gasteiger partial charge on any atom is -0.366 e. The van der Waals surface area contributed by atoms with E-state index in [1.807, 2.05) is 5.38 Å². The molecule has 0 atom stereocenters. The maximum Gasteiger partial charge on any atom is 0.251 e. The first-order valence-electron chi connectivity index (χ1n) is 8.29. The van der Waals surface area contributed by atoms with Crippen LogP contribution in [0.25, 0.3) is 0 Å². The SMILES string of the molecule is Cc1cccc(NC(=O)Cc2csc(Cc3ccc(F)cc3)n2)c1C(N)=O. The highest BCUT2D eigenvalue weighted by atomic mass is 32.1. The second-order valence-corrected chi connectivity index (χ2v) is 7.07. The van der Waals surface area contributed by atoms with Gasteiger partial charge in [-0.2, -0.15) is 0 Å². The van der Waals surface area contributed by atoms with Gasteiger partial charge in [0.05, 0.1) is 28.4 Å². The Balaban J connectivity index is 1.65. The number of anilines is 1. The quantitative estimate of drug-likeness (QED) is 0.684. The van der Waals surface area contributed by atoms with E-state index in [0.717, 1.165) is 10.6 Å². The molecule has 0 fully saturated rings. The molecule has 0 spiro atoms. The Bertz CT molecular complexity index is 983. The minimum atomic E-state index is -0.585. The highest BCUT2D eigenvalue weighted by Crippen LogP contribution is 2.20. The van der Waals surface area contributed by atoms with Gasteiger partial charge >= 0.3 is 0 Å². The minimum absolute atomic E-state index is 0.0893. The number of carbonyl (C=O) groups is 2. The van der Waals surface area contributed by atoms with Crippen molar-refractivity contribution in [1.82, 2.24) is 4.98 Å². The monoisotopic (exact) mass is 383 g/mol. The number of rotatable bonds is 6. The molecule has 0 unspecified atom stereocenters. The van der Waals surface area contributed by atoms with Crippen LogP contribution in [0.15, 0.2) is 47.8 Å². The molecule has 3 aromatic rings. The molecule has 7 heteroatoms. The summed E-state index contributed by atoms with van der Waals surface area (Å²) in [5.74, 6) is -1.14. The number of carbonyl (C=O) groups excluding carboxylic acids is 2. The van der Waals surface area contributed by atoms with Crippen LogP contribution in [0, 0.1) is 12.7 Å². The summed E-state index contributed by atoms with van der Waals surface area (Å²) in [5, 5.41) is 5.40. The molecule has 0 bridgehead atoms. The molecule has 2 aromatic carbocycles. The second-order valence-electron chi connectivity index (χ2n) is 6.12. The molecular weight excluding hydrogens is 365 g/mol. The number of hydrogen-bond donors (Lipinski definition) is 2. The lowest BCUT2D eigenvalue weighted by atomic mass is 10.1. The molecule has 138 valence electrons. The van der Waals surface area contributed by atoms with Crippen LogP contribution in [0.4, 0.5) is 10.1 Å². The number of hydrogen-bond acceptors (Lipinski definition) is 4. The number of nitrogens with one attached hydrogen (secondary N) is 1. The van der Waals surface area contributed by atoms with Gasteiger partial charge in [0, 0.05) is 11.8 Å². The lowest BCUT2D eigenvalue weighted by Crippen LogP contribution is -2.20. The molecule has 5 nitrogen and oxygen atoms in total. The zero-order chi connectivity index (χ0) is 19.4. The van der Waals surface area contributed by atoms with Crippen LogP contribution in [0.5, 0.6) is 0 Å². The first-order chi connectivity index (χ1) is 12.9. The lowest BCUT2D eigenvalue weighted by molar-refractivity contribution is -0.115. The standard InChI is InChI=1S/C20H18FN3O2S/c1-12-3-2-4-16(19(12)20(22)26)24-17(25)10-15-11-27-18(23-15)9-13-5-7-14(21)8-6-13/h2-8,11H,9-10H2,1H3,(H2,22,26)(H,24,25). The topological polar surface area (TPSA) is 85.1 Å². The zero-order valence-corrected chi connectivity index (χ0v) is 15.5. The molecule has 3 N–H and O–H groups in total. The molecule has 0 aliphatic rings. The molecular formula is C20H18FN3O2S. The first kappa shape index (κ1) is 18.7. The van der Waals surface area contributed by atoms with Crippen LogP contribution < -0.4 is 11.1 Å². The van der Waals surface area contributed by atoms with Crippen LogP contribution in [0.1, 0.15) is 32.2 Å². The maximum atomic E-state index is 13.0. The summed E-state index contributed by atoms with van der Waals surface area (Å²) in [7, 11) is 0. The van der Waals surface area contributed by atoms with Crippen LogP contribution in [-0.2, 0) is 17.6 Å². The molecule has 0 radical (unpaired) electrons. The predicted octanol–water partition coefficient (Wildman–Crippen LogP) is 3.46. The predicted molar refractivity (Wildman–Crippen MR) is 103 cm³/mol. The summed E-state index contributed by atoms with van der Waals surface area (Å²) in [6.07, 6.45) is 0.669. The van der Waals surface area contributed by atoms with Crippen molar-refractivity contribution in [3.8, 4) is 0 Å². The van der Waals surface area contributed by atoms with Gasteiger partial charge in [0.15, 0.2) is 0 Å². The second kappa shape index (κ2) is 8.09. The average molecular weight is 383 g/mol. The van der Waals surface area contributed by atoms with Crippen LogP contribution in [0.3, 0.4) is 0 Å². The van der Waals surface area contributed by atoms with Crippen molar-refractivity contribution in [2.75, 3.05) is 5.32 Å². The third-order valence-corrected chi connectivity index (χ3v) is 4.90. The molecule has 0 saturated heterocycles. The molecule has 2 amide bonds. The van der Waals surface area contributed by atoms with E-state index < -0.39 is 5.91 Å². The van der Waals surface area contributed by atoms with Gasteiger partial charge in [-0.05, 0) is 36.2 Å². The van der Waals surface area contributed by atoms with Gasteiger partial charge in [-0.1, -0.05) is 24.3 Å². The van der Waals surface area contributed by atoms with Gasteiger partial charge in [0.1, 0.15) is 5.82 Å². The summed E-state index contributed by atoms with van der Waals surface area (Å²) >= 11 is 1.45. The molecule has 0 aliphatic carbocycles. The Hall–Kier alpha value is -3.06. The summed E-state index contributed by atoms with van der Waals surface area (Å²) in [5.41, 5.74) is 8.41. The van der Waals surface area contributed by atoms with Crippen molar-refractivity contribution in [2.45, 2.75) is 19.8 Å². The fourth-order valence-electron chi connectivity index (χ4n) is 2.75.